The summed E-state index contributed by atoms with van der Waals surface area (Å²) in [6.45, 7) is 11.5. The van der Waals surface area contributed by atoms with Crippen LogP contribution in [-0.4, -0.2) is 49.8 Å². The first-order chi connectivity index (χ1) is 8.18. The van der Waals surface area contributed by atoms with Crippen molar-refractivity contribution in [2.75, 3.05) is 39.4 Å². The Bertz CT molecular complexity index is 218. The first-order valence-electron chi connectivity index (χ1n) is 7.22. The van der Waals surface area contributed by atoms with Gasteiger partial charge in [0.2, 0.25) is 0 Å². The number of ether oxygens (including phenoxy) is 1. The van der Waals surface area contributed by atoms with Crippen molar-refractivity contribution in [3.05, 3.63) is 0 Å². The minimum absolute atomic E-state index is 0.375. The lowest BCUT2D eigenvalue weighted by molar-refractivity contribution is 0.0487. The molecule has 0 unspecified atom stereocenters. The highest BCUT2D eigenvalue weighted by molar-refractivity contribution is 4.85. The van der Waals surface area contributed by atoms with E-state index in [0.717, 1.165) is 32.2 Å². The van der Waals surface area contributed by atoms with E-state index in [4.69, 9.17) is 4.74 Å². The van der Waals surface area contributed by atoms with Crippen LogP contribution in [0.2, 0.25) is 0 Å². The number of piperazine rings is 1. The van der Waals surface area contributed by atoms with Crippen LogP contribution < -0.4 is 5.32 Å². The van der Waals surface area contributed by atoms with Crippen molar-refractivity contribution in [2.24, 2.45) is 5.92 Å². The van der Waals surface area contributed by atoms with Gasteiger partial charge in [0, 0.05) is 44.9 Å². The molecule has 2 saturated heterocycles. The van der Waals surface area contributed by atoms with Crippen LogP contribution in [0.1, 0.15) is 39.5 Å². The molecule has 0 aromatic carbocycles. The van der Waals surface area contributed by atoms with Crippen molar-refractivity contribution in [1.29, 1.82) is 0 Å². The van der Waals surface area contributed by atoms with Crippen LogP contribution >= 0.6 is 0 Å². The van der Waals surface area contributed by atoms with E-state index in [0.29, 0.717) is 5.54 Å². The van der Waals surface area contributed by atoms with Gasteiger partial charge in [-0.25, -0.2) is 0 Å². The molecule has 2 heterocycles. The van der Waals surface area contributed by atoms with Gasteiger partial charge in [-0.1, -0.05) is 0 Å². The van der Waals surface area contributed by atoms with Gasteiger partial charge in [0.05, 0.1) is 0 Å². The summed E-state index contributed by atoms with van der Waals surface area (Å²) < 4.78 is 5.43. The maximum absolute atomic E-state index is 5.43. The maximum Gasteiger partial charge on any atom is 0.0468 e. The lowest BCUT2D eigenvalue weighted by Gasteiger charge is -2.42. The molecule has 0 spiro atoms. The van der Waals surface area contributed by atoms with Crippen molar-refractivity contribution in [3.63, 3.8) is 0 Å². The molecule has 0 atom stereocenters. The first kappa shape index (κ1) is 13.3. The topological polar surface area (TPSA) is 24.5 Å². The van der Waals surface area contributed by atoms with Crippen molar-refractivity contribution >= 4 is 0 Å². The third-order valence-electron chi connectivity index (χ3n) is 4.48. The molecule has 17 heavy (non-hydrogen) atoms. The van der Waals surface area contributed by atoms with E-state index in [1.54, 1.807) is 0 Å². The Morgan fingerprint density at radius 3 is 2.47 bits per heavy atom. The van der Waals surface area contributed by atoms with Crippen LogP contribution in [-0.2, 0) is 4.74 Å². The molecular weight excluding hydrogens is 212 g/mol. The quantitative estimate of drug-likeness (QED) is 0.812. The highest BCUT2D eigenvalue weighted by Gasteiger charge is 2.28. The minimum Gasteiger partial charge on any atom is -0.381 e. The number of rotatable bonds is 4. The number of nitrogens with zero attached hydrogens (tertiary/aromatic N) is 1. The average Bonchev–Trinajstić information content (AvgIpc) is 2.39. The normalized spacial score (nSPS) is 25.1. The Morgan fingerprint density at radius 1 is 1.18 bits per heavy atom. The van der Waals surface area contributed by atoms with Gasteiger partial charge >= 0.3 is 0 Å². The fourth-order valence-corrected chi connectivity index (χ4v) is 3.02. The Hall–Kier alpha value is -0.120. The molecule has 0 saturated carbocycles. The Kier molecular flexibility index (Phi) is 4.83. The summed E-state index contributed by atoms with van der Waals surface area (Å²) in [5.41, 5.74) is 0.375. The summed E-state index contributed by atoms with van der Waals surface area (Å²) in [5, 5.41) is 3.43. The van der Waals surface area contributed by atoms with E-state index in [1.165, 1.54) is 38.8 Å². The first-order valence-corrected chi connectivity index (χ1v) is 7.22. The van der Waals surface area contributed by atoms with Crippen LogP contribution in [0.4, 0.5) is 0 Å². The van der Waals surface area contributed by atoms with E-state index >= 15 is 0 Å². The van der Waals surface area contributed by atoms with Crippen LogP contribution in [0, 0.1) is 5.92 Å². The average molecular weight is 240 g/mol. The zero-order chi connectivity index (χ0) is 12.1. The van der Waals surface area contributed by atoms with E-state index in [-0.39, 0.29) is 0 Å². The molecule has 2 aliphatic heterocycles. The molecule has 100 valence electrons. The summed E-state index contributed by atoms with van der Waals surface area (Å²) in [7, 11) is 0. The second-order valence-corrected chi connectivity index (χ2v) is 6.14. The molecule has 2 rings (SSSR count). The van der Waals surface area contributed by atoms with Crippen molar-refractivity contribution in [3.8, 4) is 0 Å². The molecule has 2 aliphatic rings. The standard InChI is InChI=1S/C14H28N2O/c1-14(2,16-9-7-15-8-10-16)6-3-13-4-11-17-12-5-13/h13,15H,3-12H2,1-2H3. The zero-order valence-corrected chi connectivity index (χ0v) is 11.5. The molecule has 1 N–H and O–H groups in total. The second-order valence-electron chi connectivity index (χ2n) is 6.14. The molecule has 0 radical (unpaired) electrons. The van der Waals surface area contributed by atoms with Gasteiger partial charge in [-0.15, -0.1) is 0 Å². The molecule has 3 nitrogen and oxygen atoms in total. The molecule has 2 fully saturated rings. The molecule has 3 heteroatoms. The van der Waals surface area contributed by atoms with Crippen molar-refractivity contribution in [1.82, 2.24) is 10.2 Å². The summed E-state index contributed by atoms with van der Waals surface area (Å²) in [6.07, 6.45) is 5.26. The van der Waals surface area contributed by atoms with Crippen LogP contribution in [0.5, 0.6) is 0 Å². The number of hydrogen-bond donors (Lipinski definition) is 1. The van der Waals surface area contributed by atoms with Gasteiger partial charge in [-0.2, -0.15) is 0 Å². The highest BCUT2D eigenvalue weighted by Crippen LogP contribution is 2.27. The van der Waals surface area contributed by atoms with Gasteiger partial charge < -0.3 is 10.1 Å². The second kappa shape index (κ2) is 6.17. The number of hydrogen-bond acceptors (Lipinski definition) is 3. The third-order valence-corrected chi connectivity index (χ3v) is 4.48. The summed E-state index contributed by atoms with van der Waals surface area (Å²) >= 11 is 0. The number of nitrogens with one attached hydrogen (secondary N) is 1. The van der Waals surface area contributed by atoms with E-state index in [2.05, 4.69) is 24.1 Å². The van der Waals surface area contributed by atoms with Gasteiger partial charge in [0.1, 0.15) is 0 Å². The lowest BCUT2D eigenvalue weighted by atomic mass is 9.87. The van der Waals surface area contributed by atoms with Gasteiger partial charge in [-0.05, 0) is 45.4 Å². The van der Waals surface area contributed by atoms with E-state index < -0.39 is 0 Å². The predicted octanol–water partition coefficient (Wildman–Crippen LogP) is 1.88. The molecule has 0 aliphatic carbocycles. The summed E-state index contributed by atoms with van der Waals surface area (Å²) in [4.78, 5) is 2.66. The fourth-order valence-electron chi connectivity index (χ4n) is 3.02. The molecule has 0 aromatic heterocycles. The summed E-state index contributed by atoms with van der Waals surface area (Å²) in [6, 6.07) is 0. The maximum atomic E-state index is 5.43. The molecule has 0 aromatic rings. The molecule has 0 bridgehead atoms. The van der Waals surface area contributed by atoms with Gasteiger partial charge in [0.25, 0.3) is 0 Å². The highest BCUT2D eigenvalue weighted by atomic mass is 16.5. The third kappa shape index (κ3) is 3.94. The smallest absolute Gasteiger partial charge is 0.0468 e. The summed E-state index contributed by atoms with van der Waals surface area (Å²) in [5.74, 6) is 0.908. The predicted molar refractivity (Wildman–Crippen MR) is 71.3 cm³/mol. The molecule has 0 amide bonds. The Balaban J connectivity index is 1.75. The zero-order valence-electron chi connectivity index (χ0n) is 11.5. The van der Waals surface area contributed by atoms with Crippen molar-refractivity contribution < 1.29 is 4.74 Å². The SMILES string of the molecule is CC(C)(CCC1CCOCC1)N1CCNCC1. The minimum atomic E-state index is 0.375. The Labute approximate surface area is 106 Å². The van der Waals surface area contributed by atoms with Crippen LogP contribution in [0.15, 0.2) is 0 Å². The van der Waals surface area contributed by atoms with Crippen LogP contribution in [0.25, 0.3) is 0 Å². The van der Waals surface area contributed by atoms with E-state index in [1.807, 2.05) is 0 Å². The van der Waals surface area contributed by atoms with Crippen molar-refractivity contribution in [2.45, 2.75) is 45.1 Å². The lowest BCUT2D eigenvalue weighted by Crippen LogP contribution is -2.53. The largest absolute Gasteiger partial charge is 0.381 e. The van der Waals surface area contributed by atoms with Crippen LogP contribution in [0.3, 0.4) is 0 Å². The molecular formula is C14H28N2O. The van der Waals surface area contributed by atoms with E-state index in [9.17, 15) is 0 Å². The van der Waals surface area contributed by atoms with Gasteiger partial charge in [-0.3, -0.25) is 4.90 Å². The fraction of sp³-hybridized carbons (Fsp3) is 1.00. The monoisotopic (exact) mass is 240 g/mol. The van der Waals surface area contributed by atoms with Gasteiger partial charge in [0.15, 0.2) is 0 Å². The Morgan fingerprint density at radius 2 is 1.82 bits per heavy atom.